The summed E-state index contributed by atoms with van der Waals surface area (Å²) in [6.07, 6.45) is 4.55. The Hall–Kier alpha value is -1.10. The second-order valence-corrected chi connectivity index (χ2v) is 8.15. The maximum absolute atomic E-state index is 12.7. The molecule has 1 amide bonds. The average molecular weight is 366 g/mol. The fourth-order valence-electron chi connectivity index (χ4n) is 3.96. The van der Waals surface area contributed by atoms with E-state index >= 15 is 0 Å². The maximum Gasteiger partial charge on any atom is 0.253 e. The number of hydrogen-bond acceptors (Lipinski definition) is 3. The van der Waals surface area contributed by atoms with Crippen molar-refractivity contribution < 1.29 is 4.79 Å². The molecule has 2 saturated heterocycles. The summed E-state index contributed by atoms with van der Waals surface area (Å²) in [5.74, 6) is 0.192. The summed E-state index contributed by atoms with van der Waals surface area (Å²) in [5, 5.41) is 0. The van der Waals surface area contributed by atoms with E-state index in [2.05, 4.69) is 30.9 Å². The lowest BCUT2D eigenvalue weighted by atomic mass is 9.79. The van der Waals surface area contributed by atoms with Gasteiger partial charge in [0.25, 0.3) is 5.91 Å². The van der Waals surface area contributed by atoms with E-state index in [4.69, 9.17) is 5.73 Å². The van der Waals surface area contributed by atoms with Gasteiger partial charge in [0.05, 0.1) is 0 Å². The third-order valence-corrected chi connectivity index (χ3v) is 5.61. The number of benzene rings is 1. The van der Waals surface area contributed by atoms with Gasteiger partial charge in [0.15, 0.2) is 0 Å². The Kier molecular flexibility index (Phi) is 6.89. The third-order valence-electron chi connectivity index (χ3n) is 5.61. The Labute approximate surface area is 158 Å². The van der Waals surface area contributed by atoms with Crippen molar-refractivity contribution in [2.75, 3.05) is 26.2 Å². The number of carbonyl (C=O) groups excluding carboxylic acids is 1. The molecule has 1 aromatic carbocycles. The lowest BCUT2D eigenvalue weighted by molar-refractivity contribution is 0.0723. The van der Waals surface area contributed by atoms with Crippen molar-refractivity contribution in [2.24, 2.45) is 11.1 Å². The predicted octanol–water partition coefficient (Wildman–Crippen LogP) is 3.29. The fraction of sp³-hybridized carbons (Fsp3) is 0.650. The van der Waals surface area contributed by atoms with Crippen molar-refractivity contribution in [3.05, 3.63) is 35.4 Å². The van der Waals surface area contributed by atoms with Gasteiger partial charge in [-0.1, -0.05) is 26.0 Å². The molecule has 0 radical (unpaired) electrons. The lowest BCUT2D eigenvalue weighted by Crippen LogP contribution is -2.52. The summed E-state index contributed by atoms with van der Waals surface area (Å²) in [4.78, 5) is 17.2. The lowest BCUT2D eigenvalue weighted by Gasteiger charge is -2.42. The summed E-state index contributed by atoms with van der Waals surface area (Å²) in [5.41, 5.74) is 8.45. The highest BCUT2D eigenvalue weighted by atomic mass is 35.5. The molecular formula is C20H32ClN3O. The van der Waals surface area contributed by atoms with Gasteiger partial charge in [0.2, 0.25) is 0 Å². The van der Waals surface area contributed by atoms with Crippen LogP contribution in [0.25, 0.3) is 0 Å². The Bertz CT molecular complexity index is 584. The van der Waals surface area contributed by atoms with Gasteiger partial charge >= 0.3 is 0 Å². The highest BCUT2D eigenvalue weighted by molar-refractivity contribution is 5.94. The number of piperidine rings is 2. The van der Waals surface area contributed by atoms with Gasteiger partial charge in [-0.25, -0.2) is 0 Å². The number of halogens is 1. The average Bonchev–Trinajstić information content (AvgIpc) is 2.58. The molecule has 2 fully saturated rings. The van der Waals surface area contributed by atoms with Crippen molar-refractivity contribution in [1.29, 1.82) is 0 Å². The topological polar surface area (TPSA) is 49.6 Å². The maximum atomic E-state index is 12.7. The van der Waals surface area contributed by atoms with Crippen molar-refractivity contribution in [1.82, 2.24) is 9.80 Å². The van der Waals surface area contributed by atoms with E-state index in [1.54, 1.807) is 0 Å². The number of nitrogens with zero attached hydrogens (tertiary/aromatic N) is 2. The minimum absolute atomic E-state index is 0. The monoisotopic (exact) mass is 365 g/mol. The molecule has 0 saturated carbocycles. The van der Waals surface area contributed by atoms with Gasteiger partial charge in [0.1, 0.15) is 0 Å². The zero-order valence-corrected chi connectivity index (χ0v) is 16.4. The molecule has 0 aromatic heterocycles. The minimum Gasteiger partial charge on any atom is -0.339 e. The summed E-state index contributed by atoms with van der Waals surface area (Å²) in [6.45, 7) is 9.26. The number of nitrogens with two attached hydrogens (primary N) is 1. The van der Waals surface area contributed by atoms with Crippen molar-refractivity contribution >= 4 is 18.3 Å². The van der Waals surface area contributed by atoms with E-state index in [1.807, 2.05) is 17.0 Å². The van der Waals surface area contributed by atoms with Crippen molar-refractivity contribution in [2.45, 2.75) is 52.1 Å². The van der Waals surface area contributed by atoms with Gasteiger partial charge in [-0.2, -0.15) is 0 Å². The first kappa shape index (κ1) is 20.2. The quantitative estimate of drug-likeness (QED) is 0.894. The number of amides is 1. The third kappa shape index (κ3) is 4.96. The number of hydrogen-bond donors (Lipinski definition) is 1. The van der Waals surface area contributed by atoms with Crippen LogP contribution in [0.1, 0.15) is 55.5 Å². The van der Waals surface area contributed by atoms with Gasteiger partial charge in [-0.05, 0) is 48.8 Å². The predicted molar refractivity (Wildman–Crippen MR) is 105 cm³/mol. The van der Waals surface area contributed by atoms with E-state index in [0.717, 1.165) is 57.5 Å². The first-order chi connectivity index (χ1) is 11.5. The van der Waals surface area contributed by atoms with E-state index < -0.39 is 0 Å². The van der Waals surface area contributed by atoms with Crippen LogP contribution >= 0.6 is 12.4 Å². The normalized spacial score (nSPS) is 23.8. The van der Waals surface area contributed by atoms with E-state index in [-0.39, 0.29) is 29.8 Å². The molecule has 0 spiro atoms. The number of rotatable bonds is 3. The van der Waals surface area contributed by atoms with Crippen LogP contribution in [0.2, 0.25) is 0 Å². The van der Waals surface area contributed by atoms with Gasteiger partial charge in [-0.15, -0.1) is 12.4 Å². The van der Waals surface area contributed by atoms with Crippen LogP contribution in [-0.2, 0) is 6.54 Å². The second-order valence-electron chi connectivity index (χ2n) is 8.15. The molecule has 0 bridgehead atoms. The summed E-state index contributed by atoms with van der Waals surface area (Å²) in [6, 6.07) is 8.47. The number of likely N-dealkylation sites (tertiary alicyclic amines) is 2. The zero-order valence-electron chi connectivity index (χ0n) is 15.5. The SMILES string of the molecule is CC1(C)CN(Cc2cccc(C(=O)N3CCCCC3)c2)CCC1N.Cl. The van der Waals surface area contributed by atoms with Crippen LogP contribution in [0.5, 0.6) is 0 Å². The molecule has 2 heterocycles. The molecule has 2 aliphatic rings. The molecule has 25 heavy (non-hydrogen) atoms. The Morgan fingerprint density at radius 3 is 2.60 bits per heavy atom. The largest absolute Gasteiger partial charge is 0.339 e. The molecule has 0 aliphatic carbocycles. The van der Waals surface area contributed by atoms with Crippen LogP contribution in [0.3, 0.4) is 0 Å². The Morgan fingerprint density at radius 1 is 1.20 bits per heavy atom. The van der Waals surface area contributed by atoms with Crippen LogP contribution in [0.4, 0.5) is 0 Å². The molecule has 1 unspecified atom stereocenters. The van der Waals surface area contributed by atoms with Crippen LogP contribution in [-0.4, -0.2) is 47.9 Å². The van der Waals surface area contributed by atoms with Gasteiger partial charge in [0, 0.05) is 44.3 Å². The van der Waals surface area contributed by atoms with Gasteiger partial charge < -0.3 is 10.6 Å². The summed E-state index contributed by atoms with van der Waals surface area (Å²) >= 11 is 0. The fourth-order valence-corrected chi connectivity index (χ4v) is 3.96. The molecule has 4 nitrogen and oxygen atoms in total. The van der Waals surface area contributed by atoms with E-state index in [0.29, 0.717) is 0 Å². The molecule has 5 heteroatoms. The highest BCUT2D eigenvalue weighted by Crippen LogP contribution is 2.28. The molecule has 3 rings (SSSR count). The molecule has 1 aromatic rings. The summed E-state index contributed by atoms with van der Waals surface area (Å²) < 4.78 is 0. The van der Waals surface area contributed by atoms with Crippen LogP contribution < -0.4 is 5.73 Å². The van der Waals surface area contributed by atoms with Crippen LogP contribution in [0.15, 0.2) is 24.3 Å². The standard InChI is InChI=1S/C20H31N3O.ClH/c1-20(2)15-22(12-9-18(20)21)14-16-7-6-8-17(13-16)19(24)23-10-4-3-5-11-23;/h6-8,13,18H,3-5,9-12,14-15,21H2,1-2H3;1H. The molecular weight excluding hydrogens is 334 g/mol. The zero-order chi connectivity index (χ0) is 17.2. The smallest absolute Gasteiger partial charge is 0.253 e. The first-order valence-corrected chi connectivity index (χ1v) is 9.32. The Morgan fingerprint density at radius 2 is 1.92 bits per heavy atom. The van der Waals surface area contributed by atoms with Crippen LogP contribution in [0, 0.1) is 5.41 Å². The van der Waals surface area contributed by atoms with E-state index in [1.165, 1.54) is 12.0 Å². The van der Waals surface area contributed by atoms with Crippen molar-refractivity contribution in [3.8, 4) is 0 Å². The summed E-state index contributed by atoms with van der Waals surface area (Å²) in [7, 11) is 0. The van der Waals surface area contributed by atoms with Gasteiger partial charge in [-0.3, -0.25) is 9.69 Å². The highest BCUT2D eigenvalue weighted by Gasteiger charge is 2.33. The minimum atomic E-state index is 0. The molecule has 1 atom stereocenters. The van der Waals surface area contributed by atoms with Crippen molar-refractivity contribution in [3.63, 3.8) is 0 Å². The van der Waals surface area contributed by atoms with E-state index in [9.17, 15) is 4.79 Å². The molecule has 2 aliphatic heterocycles. The molecule has 140 valence electrons. The second kappa shape index (κ2) is 8.52. The first-order valence-electron chi connectivity index (χ1n) is 9.32. The number of carbonyl (C=O) groups is 1. The Balaban J connectivity index is 0.00000225. The molecule has 2 N–H and O–H groups in total.